The van der Waals surface area contributed by atoms with E-state index in [-0.39, 0.29) is 5.91 Å². The predicted octanol–water partition coefficient (Wildman–Crippen LogP) is 3.32. The van der Waals surface area contributed by atoms with E-state index in [2.05, 4.69) is 15.9 Å². The molecular weight excluding hydrogens is 266 g/mol. The van der Waals surface area contributed by atoms with Gasteiger partial charge in [0, 0.05) is 23.1 Å². The number of amides is 1. The molecule has 86 valence electrons. The summed E-state index contributed by atoms with van der Waals surface area (Å²) in [5.74, 6) is 0.895. The molecule has 3 heteroatoms. The van der Waals surface area contributed by atoms with Crippen molar-refractivity contribution in [3.63, 3.8) is 0 Å². The second-order valence-electron chi connectivity index (χ2n) is 4.30. The number of hydrogen-bond donors (Lipinski definition) is 0. The zero-order valence-corrected chi connectivity index (χ0v) is 11.0. The van der Waals surface area contributed by atoms with Crippen molar-refractivity contribution < 1.29 is 4.79 Å². The van der Waals surface area contributed by atoms with Gasteiger partial charge in [0.15, 0.2) is 0 Å². The SMILES string of the molecule is CCN(CC1CC1)C(=O)c1cccc(Br)c1. The molecule has 1 aliphatic rings. The summed E-state index contributed by atoms with van der Waals surface area (Å²) in [7, 11) is 0. The first kappa shape index (κ1) is 11.6. The second-order valence-corrected chi connectivity index (χ2v) is 5.21. The summed E-state index contributed by atoms with van der Waals surface area (Å²) in [6.45, 7) is 3.75. The highest BCUT2D eigenvalue weighted by Gasteiger charge is 2.26. The van der Waals surface area contributed by atoms with Gasteiger partial charge in [0.05, 0.1) is 0 Å². The summed E-state index contributed by atoms with van der Waals surface area (Å²) < 4.78 is 0.959. The van der Waals surface area contributed by atoms with Crippen molar-refractivity contribution in [1.29, 1.82) is 0 Å². The molecule has 0 spiro atoms. The van der Waals surface area contributed by atoms with E-state index >= 15 is 0 Å². The summed E-state index contributed by atoms with van der Waals surface area (Å²) in [5, 5.41) is 0. The molecule has 0 radical (unpaired) electrons. The van der Waals surface area contributed by atoms with Crippen LogP contribution in [0.15, 0.2) is 28.7 Å². The van der Waals surface area contributed by atoms with Crippen molar-refractivity contribution in [3.05, 3.63) is 34.3 Å². The number of rotatable bonds is 4. The Balaban J connectivity index is 2.09. The first-order valence-electron chi connectivity index (χ1n) is 5.75. The lowest BCUT2D eigenvalue weighted by molar-refractivity contribution is 0.0757. The maximum atomic E-state index is 12.2. The Morgan fingerprint density at radius 2 is 2.25 bits per heavy atom. The molecule has 16 heavy (non-hydrogen) atoms. The number of carbonyl (C=O) groups excluding carboxylic acids is 1. The van der Waals surface area contributed by atoms with E-state index in [1.54, 1.807) is 0 Å². The number of halogens is 1. The molecular formula is C13H16BrNO. The fourth-order valence-electron chi connectivity index (χ4n) is 1.77. The van der Waals surface area contributed by atoms with Crippen molar-refractivity contribution in [2.75, 3.05) is 13.1 Å². The van der Waals surface area contributed by atoms with Gasteiger partial charge in [-0.1, -0.05) is 22.0 Å². The number of benzene rings is 1. The summed E-state index contributed by atoms with van der Waals surface area (Å²) in [6, 6.07) is 7.61. The molecule has 1 aliphatic carbocycles. The van der Waals surface area contributed by atoms with Gasteiger partial charge in [-0.05, 0) is 43.9 Å². The molecule has 1 saturated carbocycles. The van der Waals surface area contributed by atoms with Crippen LogP contribution in [0, 0.1) is 5.92 Å². The van der Waals surface area contributed by atoms with Crippen molar-refractivity contribution >= 4 is 21.8 Å². The van der Waals surface area contributed by atoms with E-state index in [0.717, 1.165) is 29.0 Å². The Morgan fingerprint density at radius 1 is 1.50 bits per heavy atom. The predicted molar refractivity (Wildman–Crippen MR) is 68.4 cm³/mol. The smallest absolute Gasteiger partial charge is 0.253 e. The number of hydrogen-bond acceptors (Lipinski definition) is 1. The van der Waals surface area contributed by atoms with Crippen LogP contribution in [0.25, 0.3) is 0 Å². The van der Waals surface area contributed by atoms with E-state index in [1.165, 1.54) is 12.8 Å². The minimum absolute atomic E-state index is 0.149. The minimum atomic E-state index is 0.149. The standard InChI is InChI=1S/C13H16BrNO/c1-2-15(9-10-6-7-10)13(16)11-4-3-5-12(14)8-11/h3-5,8,10H,2,6-7,9H2,1H3. The summed E-state index contributed by atoms with van der Waals surface area (Å²) >= 11 is 3.39. The molecule has 2 nitrogen and oxygen atoms in total. The average molecular weight is 282 g/mol. The first-order chi connectivity index (χ1) is 7.70. The van der Waals surface area contributed by atoms with Crippen molar-refractivity contribution in [1.82, 2.24) is 4.90 Å². The Labute approximate surface area is 105 Å². The highest BCUT2D eigenvalue weighted by Crippen LogP contribution is 2.30. The van der Waals surface area contributed by atoms with E-state index in [1.807, 2.05) is 36.1 Å². The van der Waals surface area contributed by atoms with Gasteiger partial charge in [0.1, 0.15) is 0 Å². The van der Waals surface area contributed by atoms with Crippen LogP contribution in [0.5, 0.6) is 0 Å². The fourth-order valence-corrected chi connectivity index (χ4v) is 2.17. The maximum Gasteiger partial charge on any atom is 0.253 e. The minimum Gasteiger partial charge on any atom is -0.339 e. The molecule has 0 aromatic heterocycles. The normalized spacial score (nSPS) is 14.9. The summed E-state index contributed by atoms with van der Waals surface area (Å²) in [5.41, 5.74) is 0.775. The van der Waals surface area contributed by atoms with Crippen molar-refractivity contribution in [2.45, 2.75) is 19.8 Å². The monoisotopic (exact) mass is 281 g/mol. The molecule has 0 atom stereocenters. The number of nitrogens with zero attached hydrogens (tertiary/aromatic N) is 1. The van der Waals surface area contributed by atoms with Gasteiger partial charge in [0.25, 0.3) is 5.91 Å². The molecule has 1 fully saturated rings. The molecule has 0 unspecified atom stereocenters. The van der Waals surface area contributed by atoms with Crippen LogP contribution in [-0.2, 0) is 0 Å². The zero-order valence-electron chi connectivity index (χ0n) is 9.45. The molecule has 2 rings (SSSR count). The molecule has 0 saturated heterocycles. The van der Waals surface area contributed by atoms with Crippen LogP contribution in [0.1, 0.15) is 30.1 Å². The fraction of sp³-hybridized carbons (Fsp3) is 0.462. The lowest BCUT2D eigenvalue weighted by Gasteiger charge is -2.20. The van der Waals surface area contributed by atoms with E-state index in [0.29, 0.717) is 0 Å². The highest BCUT2D eigenvalue weighted by atomic mass is 79.9. The van der Waals surface area contributed by atoms with Gasteiger partial charge < -0.3 is 4.90 Å². The van der Waals surface area contributed by atoms with Gasteiger partial charge in [-0.25, -0.2) is 0 Å². The third-order valence-corrected chi connectivity index (χ3v) is 3.41. The van der Waals surface area contributed by atoms with Crippen LogP contribution in [-0.4, -0.2) is 23.9 Å². The molecule has 1 amide bonds. The Kier molecular flexibility index (Phi) is 3.64. The molecule has 1 aromatic carbocycles. The van der Waals surface area contributed by atoms with Crippen LogP contribution in [0.4, 0.5) is 0 Å². The third-order valence-electron chi connectivity index (χ3n) is 2.92. The molecule has 0 bridgehead atoms. The van der Waals surface area contributed by atoms with Crippen LogP contribution in [0.3, 0.4) is 0 Å². The van der Waals surface area contributed by atoms with Gasteiger partial charge >= 0.3 is 0 Å². The van der Waals surface area contributed by atoms with E-state index in [4.69, 9.17) is 0 Å². The average Bonchev–Trinajstić information content (AvgIpc) is 3.09. The van der Waals surface area contributed by atoms with Crippen molar-refractivity contribution in [2.24, 2.45) is 5.92 Å². The van der Waals surface area contributed by atoms with E-state index < -0.39 is 0 Å². The zero-order chi connectivity index (χ0) is 11.5. The van der Waals surface area contributed by atoms with Crippen LogP contribution >= 0.6 is 15.9 Å². The van der Waals surface area contributed by atoms with Gasteiger partial charge in [-0.3, -0.25) is 4.79 Å². The Morgan fingerprint density at radius 3 is 2.81 bits per heavy atom. The third kappa shape index (κ3) is 2.85. The lowest BCUT2D eigenvalue weighted by atomic mass is 10.2. The topological polar surface area (TPSA) is 20.3 Å². The molecule has 0 N–H and O–H groups in total. The van der Waals surface area contributed by atoms with Crippen molar-refractivity contribution in [3.8, 4) is 0 Å². The quantitative estimate of drug-likeness (QED) is 0.829. The van der Waals surface area contributed by atoms with Crippen LogP contribution < -0.4 is 0 Å². The van der Waals surface area contributed by atoms with Gasteiger partial charge in [-0.15, -0.1) is 0 Å². The largest absolute Gasteiger partial charge is 0.339 e. The Bertz CT molecular complexity index is 387. The molecule has 0 heterocycles. The number of carbonyl (C=O) groups is 1. The second kappa shape index (κ2) is 5.00. The lowest BCUT2D eigenvalue weighted by Crippen LogP contribution is -2.32. The first-order valence-corrected chi connectivity index (χ1v) is 6.55. The van der Waals surface area contributed by atoms with Crippen LogP contribution in [0.2, 0.25) is 0 Å². The maximum absolute atomic E-state index is 12.2. The van der Waals surface area contributed by atoms with Gasteiger partial charge in [0.2, 0.25) is 0 Å². The highest BCUT2D eigenvalue weighted by molar-refractivity contribution is 9.10. The van der Waals surface area contributed by atoms with E-state index in [9.17, 15) is 4.79 Å². The summed E-state index contributed by atoms with van der Waals surface area (Å²) in [4.78, 5) is 14.1. The Hall–Kier alpha value is -0.830. The summed E-state index contributed by atoms with van der Waals surface area (Å²) in [6.07, 6.45) is 2.56. The molecule has 0 aliphatic heterocycles. The molecule has 1 aromatic rings. The van der Waals surface area contributed by atoms with Gasteiger partial charge in [-0.2, -0.15) is 0 Å².